The van der Waals surface area contributed by atoms with Crippen molar-refractivity contribution >= 4 is 34.2 Å². The van der Waals surface area contributed by atoms with Gasteiger partial charge in [0, 0.05) is 6.04 Å². The van der Waals surface area contributed by atoms with Gasteiger partial charge in [0.1, 0.15) is 11.3 Å². The maximum absolute atomic E-state index is 6.40. The molecule has 114 valence electrons. The molecule has 0 spiro atoms. The Hall–Kier alpha value is -0.730. The fourth-order valence-corrected chi connectivity index (χ4v) is 4.01. The van der Waals surface area contributed by atoms with Crippen LogP contribution >= 0.6 is 23.2 Å². The Kier molecular flexibility index (Phi) is 3.96. The summed E-state index contributed by atoms with van der Waals surface area (Å²) in [6.07, 6.45) is 4.91. The van der Waals surface area contributed by atoms with Gasteiger partial charge in [0.15, 0.2) is 0 Å². The van der Waals surface area contributed by atoms with Crippen molar-refractivity contribution in [3.8, 4) is 0 Å². The topological polar surface area (TPSA) is 17.8 Å². The molecule has 0 amide bonds. The van der Waals surface area contributed by atoms with Gasteiger partial charge in [0.05, 0.1) is 15.9 Å². The smallest absolute Gasteiger partial charge is 0.128 e. The molecule has 4 heteroatoms. The van der Waals surface area contributed by atoms with Crippen LogP contribution in [0.15, 0.2) is 18.2 Å². The quantitative estimate of drug-likeness (QED) is 0.607. The molecule has 1 aromatic carbocycles. The average Bonchev–Trinajstić information content (AvgIpc) is 2.78. The van der Waals surface area contributed by atoms with Gasteiger partial charge in [-0.1, -0.05) is 37.9 Å². The minimum atomic E-state index is -0.112. The maximum Gasteiger partial charge on any atom is 0.128 e. The summed E-state index contributed by atoms with van der Waals surface area (Å²) < 4.78 is 2.35. The lowest BCUT2D eigenvalue weighted by molar-refractivity contribution is 0.183. The Balaban J connectivity index is 2.16. The third-order valence-electron chi connectivity index (χ3n) is 4.60. The number of imidazole rings is 1. The van der Waals surface area contributed by atoms with E-state index in [9.17, 15) is 0 Å². The van der Waals surface area contributed by atoms with Crippen LogP contribution in [-0.4, -0.2) is 9.55 Å². The van der Waals surface area contributed by atoms with Crippen molar-refractivity contribution in [2.45, 2.75) is 57.9 Å². The van der Waals surface area contributed by atoms with Gasteiger partial charge in [0.2, 0.25) is 0 Å². The van der Waals surface area contributed by atoms with Gasteiger partial charge in [-0.05, 0) is 43.7 Å². The number of alkyl halides is 1. The Bertz CT molecular complexity index is 658. The zero-order valence-electron chi connectivity index (χ0n) is 12.9. The van der Waals surface area contributed by atoms with E-state index >= 15 is 0 Å². The monoisotopic (exact) mass is 324 g/mol. The first-order valence-corrected chi connectivity index (χ1v) is 8.51. The number of para-hydroxylation sites is 1. The number of rotatable bonds is 2. The number of fused-ring (bicyclic) bond motifs is 1. The summed E-state index contributed by atoms with van der Waals surface area (Å²) in [6.45, 7) is 6.70. The minimum Gasteiger partial charge on any atom is -0.324 e. The van der Waals surface area contributed by atoms with Crippen LogP contribution in [0, 0.1) is 5.41 Å². The number of benzene rings is 1. The summed E-state index contributed by atoms with van der Waals surface area (Å²) in [5.74, 6) is 0.947. The Morgan fingerprint density at radius 3 is 2.81 bits per heavy atom. The largest absolute Gasteiger partial charge is 0.324 e. The van der Waals surface area contributed by atoms with Gasteiger partial charge in [-0.2, -0.15) is 0 Å². The summed E-state index contributed by atoms with van der Waals surface area (Å²) in [4.78, 5) is 4.73. The molecule has 3 rings (SSSR count). The number of aromatic nitrogens is 2. The average molecular weight is 325 g/mol. The van der Waals surface area contributed by atoms with E-state index in [4.69, 9.17) is 28.2 Å². The van der Waals surface area contributed by atoms with Crippen molar-refractivity contribution in [1.82, 2.24) is 9.55 Å². The van der Waals surface area contributed by atoms with Crippen molar-refractivity contribution in [1.29, 1.82) is 0 Å². The molecule has 0 N–H and O–H groups in total. The highest BCUT2D eigenvalue weighted by atomic mass is 35.5. The van der Waals surface area contributed by atoms with E-state index in [-0.39, 0.29) is 5.38 Å². The highest BCUT2D eigenvalue weighted by Crippen LogP contribution is 2.44. The van der Waals surface area contributed by atoms with Crippen molar-refractivity contribution in [2.24, 2.45) is 5.41 Å². The molecule has 1 heterocycles. The Morgan fingerprint density at radius 2 is 2.14 bits per heavy atom. The fraction of sp³-hybridized carbons (Fsp3) is 0.588. The molecule has 0 bridgehead atoms. The zero-order valence-corrected chi connectivity index (χ0v) is 14.4. The fourth-order valence-electron chi connectivity index (χ4n) is 3.64. The predicted molar refractivity (Wildman–Crippen MR) is 90.3 cm³/mol. The van der Waals surface area contributed by atoms with E-state index in [2.05, 4.69) is 24.5 Å². The zero-order chi connectivity index (χ0) is 15.2. The van der Waals surface area contributed by atoms with Crippen LogP contribution in [0.25, 0.3) is 11.0 Å². The van der Waals surface area contributed by atoms with E-state index in [1.165, 1.54) is 25.7 Å². The van der Waals surface area contributed by atoms with Crippen LogP contribution in [0.4, 0.5) is 0 Å². The molecule has 1 aromatic heterocycles. The summed E-state index contributed by atoms with van der Waals surface area (Å²) in [5, 5.41) is 0.596. The van der Waals surface area contributed by atoms with Gasteiger partial charge in [-0.25, -0.2) is 4.98 Å². The number of hydrogen-bond acceptors (Lipinski definition) is 1. The first-order valence-electron chi connectivity index (χ1n) is 7.69. The SMILES string of the molecule is CC(Cl)c1nc2c(Cl)cccc2n1C1CCCC(C)(C)C1. The summed E-state index contributed by atoms with van der Waals surface area (Å²) in [6, 6.07) is 6.47. The van der Waals surface area contributed by atoms with Crippen molar-refractivity contribution < 1.29 is 0 Å². The maximum atomic E-state index is 6.40. The van der Waals surface area contributed by atoms with E-state index in [1.54, 1.807) is 0 Å². The van der Waals surface area contributed by atoms with Crippen LogP contribution in [0.5, 0.6) is 0 Å². The number of halogens is 2. The molecule has 0 radical (unpaired) electrons. The van der Waals surface area contributed by atoms with Gasteiger partial charge in [-0.15, -0.1) is 11.6 Å². The van der Waals surface area contributed by atoms with Gasteiger partial charge >= 0.3 is 0 Å². The number of hydrogen-bond donors (Lipinski definition) is 0. The van der Waals surface area contributed by atoms with Gasteiger partial charge in [-0.3, -0.25) is 0 Å². The van der Waals surface area contributed by atoms with Crippen LogP contribution in [-0.2, 0) is 0 Å². The Morgan fingerprint density at radius 1 is 1.38 bits per heavy atom. The van der Waals surface area contributed by atoms with Gasteiger partial charge in [0.25, 0.3) is 0 Å². The van der Waals surface area contributed by atoms with E-state index in [1.807, 2.05) is 19.1 Å². The van der Waals surface area contributed by atoms with E-state index in [0.717, 1.165) is 16.9 Å². The summed E-state index contributed by atoms with van der Waals surface area (Å²) >= 11 is 12.7. The van der Waals surface area contributed by atoms with Gasteiger partial charge < -0.3 is 4.57 Å². The molecule has 2 aromatic rings. The van der Waals surface area contributed by atoms with Crippen LogP contribution < -0.4 is 0 Å². The predicted octanol–water partition coefficient (Wildman–Crippen LogP) is 6.13. The highest BCUT2D eigenvalue weighted by molar-refractivity contribution is 6.35. The third-order valence-corrected chi connectivity index (χ3v) is 5.10. The Labute approximate surface area is 136 Å². The molecule has 2 unspecified atom stereocenters. The second kappa shape index (κ2) is 5.48. The van der Waals surface area contributed by atoms with E-state index in [0.29, 0.717) is 16.5 Å². The van der Waals surface area contributed by atoms with Crippen LogP contribution in [0.3, 0.4) is 0 Å². The standard InChI is InChI=1S/C17H22Cl2N2/c1-11(18)16-20-15-13(19)7-4-8-14(15)21(16)12-6-5-9-17(2,3)10-12/h4,7-8,11-12H,5-6,9-10H2,1-3H3. The molecule has 1 saturated carbocycles. The molecule has 0 saturated heterocycles. The molecule has 1 fully saturated rings. The molecule has 21 heavy (non-hydrogen) atoms. The first kappa shape index (κ1) is 15.2. The van der Waals surface area contributed by atoms with Crippen molar-refractivity contribution in [2.75, 3.05) is 0 Å². The lowest BCUT2D eigenvalue weighted by Crippen LogP contribution is -2.26. The molecule has 2 atom stereocenters. The van der Waals surface area contributed by atoms with Crippen LogP contribution in [0.1, 0.15) is 63.7 Å². The van der Waals surface area contributed by atoms with Crippen molar-refractivity contribution in [3.05, 3.63) is 29.0 Å². The first-order chi connectivity index (χ1) is 9.89. The summed E-state index contributed by atoms with van der Waals surface area (Å²) in [7, 11) is 0. The van der Waals surface area contributed by atoms with Crippen LogP contribution in [0.2, 0.25) is 5.02 Å². The normalized spacial score (nSPS) is 23.4. The molecular formula is C17H22Cl2N2. The molecule has 2 nitrogen and oxygen atoms in total. The summed E-state index contributed by atoms with van der Waals surface area (Å²) in [5.41, 5.74) is 2.38. The van der Waals surface area contributed by atoms with E-state index < -0.39 is 0 Å². The second-order valence-corrected chi connectivity index (χ2v) is 8.04. The molecule has 1 aliphatic rings. The molecule has 1 aliphatic carbocycles. The third kappa shape index (κ3) is 2.80. The van der Waals surface area contributed by atoms with Crippen molar-refractivity contribution in [3.63, 3.8) is 0 Å². The molecule has 0 aliphatic heterocycles. The number of nitrogens with zero attached hydrogens (tertiary/aromatic N) is 2. The minimum absolute atomic E-state index is 0.112. The lowest BCUT2D eigenvalue weighted by Gasteiger charge is -2.37. The lowest BCUT2D eigenvalue weighted by atomic mass is 9.75. The second-order valence-electron chi connectivity index (χ2n) is 6.98. The molecular weight excluding hydrogens is 303 g/mol. The highest BCUT2D eigenvalue weighted by Gasteiger charge is 2.31.